The van der Waals surface area contributed by atoms with Crippen molar-refractivity contribution in [3.8, 4) is 0 Å². The van der Waals surface area contributed by atoms with Crippen molar-refractivity contribution in [2.24, 2.45) is 0 Å². The molecule has 0 aliphatic rings. The second-order valence-corrected chi connectivity index (χ2v) is 8.71. The zero-order valence-corrected chi connectivity index (χ0v) is 16.7. The molecule has 2 aromatic rings. The lowest BCUT2D eigenvalue weighted by atomic mass is 10.1. The molecular formula is C17H19IN2O3S. The van der Waals surface area contributed by atoms with Crippen LogP contribution in [0.15, 0.2) is 42.5 Å². The van der Waals surface area contributed by atoms with Gasteiger partial charge in [0.2, 0.25) is 15.9 Å². The molecule has 2 rings (SSSR count). The second-order valence-electron chi connectivity index (χ2n) is 5.56. The molecule has 0 saturated carbocycles. The van der Waals surface area contributed by atoms with Crippen LogP contribution in [0.5, 0.6) is 0 Å². The summed E-state index contributed by atoms with van der Waals surface area (Å²) in [5.41, 5.74) is 3.06. The van der Waals surface area contributed by atoms with Crippen molar-refractivity contribution in [3.63, 3.8) is 0 Å². The summed E-state index contributed by atoms with van der Waals surface area (Å²) in [7, 11) is -3.57. The minimum atomic E-state index is -3.57. The Balaban J connectivity index is 2.24. The molecule has 2 aromatic carbocycles. The highest BCUT2D eigenvalue weighted by Gasteiger charge is 2.21. The van der Waals surface area contributed by atoms with Gasteiger partial charge in [-0.15, -0.1) is 0 Å². The van der Waals surface area contributed by atoms with Gasteiger partial charge in [-0.05, 0) is 71.8 Å². The normalized spacial score (nSPS) is 11.2. The summed E-state index contributed by atoms with van der Waals surface area (Å²) in [6, 6.07) is 12.7. The van der Waals surface area contributed by atoms with Crippen LogP contribution in [0.25, 0.3) is 0 Å². The van der Waals surface area contributed by atoms with Gasteiger partial charge in [-0.1, -0.05) is 18.2 Å². The van der Waals surface area contributed by atoms with Gasteiger partial charge in [-0.3, -0.25) is 9.10 Å². The lowest BCUT2D eigenvalue weighted by molar-refractivity contribution is -0.114. The van der Waals surface area contributed by atoms with Crippen molar-refractivity contribution >= 4 is 49.9 Å². The lowest BCUT2D eigenvalue weighted by Crippen LogP contribution is -2.37. The SMILES string of the molecule is Cc1cccc(C)c1NC(=O)CN(c1ccc(I)cc1)S(C)(=O)=O. The van der Waals surface area contributed by atoms with Gasteiger partial charge >= 0.3 is 0 Å². The molecule has 0 aliphatic carbocycles. The van der Waals surface area contributed by atoms with E-state index in [0.717, 1.165) is 30.9 Å². The third kappa shape index (κ3) is 4.70. The van der Waals surface area contributed by atoms with Gasteiger partial charge in [0, 0.05) is 9.26 Å². The molecule has 0 aliphatic heterocycles. The van der Waals surface area contributed by atoms with Crippen LogP contribution in [0.1, 0.15) is 11.1 Å². The van der Waals surface area contributed by atoms with Gasteiger partial charge in [0.15, 0.2) is 0 Å². The molecule has 0 aromatic heterocycles. The average Bonchev–Trinajstić information content (AvgIpc) is 2.49. The van der Waals surface area contributed by atoms with Crippen molar-refractivity contribution in [2.45, 2.75) is 13.8 Å². The van der Waals surface area contributed by atoms with E-state index in [9.17, 15) is 13.2 Å². The molecule has 5 nitrogen and oxygen atoms in total. The molecule has 0 bridgehead atoms. The number of anilines is 2. The van der Waals surface area contributed by atoms with Gasteiger partial charge in [0.1, 0.15) is 6.54 Å². The average molecular weight is 458 g/mol. The van der Waals surface area contributed by atoms with Crippen LogP contribution in [0.2, 0.25) is 0 Å². The Kier molecular flexibility index (Phi) is 5.87. The lowest BCUT2D eigenvalue weighted by Gasteiger charge is -2.22. The number of nitrogens with one attached hydrogen (secondary N) is 1. The fourth-order valence-corrected chi connectivity index (χ4v) is 3.54. The minimum Gasteiger partial charge on any atom is -0.324 e. The van der Waals surface area contributed by atoms with Crippen LogP contribution in [0.4, 0.5) is 11.4 Å². The summed E-state index contributed by atoms with van der Waals surface area (Å²) < 4.78 is 26.3. The molecule has 24 heavy (non-hydrogen) atoms. The number of benzene rings is 2. The van der Waals surface area contributed by atoms with Crippen LogP contribution in [0.3, 0.4) is 0 Å². The zero-order chi connectivity index (χ0) is 17.9. The maximum absolute atomic E-state index is 12.4. The van der Waals surface area contributed by atoms with E-state index in [0.29, 0.717) is 5.69 Å². The molecule has 128 valence electrons. The van der Waals surface area contributed by atoms with E-state index in [-0.39, 0.29) is 12.5 Å². The Labute approximate surface area is 156 Å². The van der Waals surface area contributed by atoms with Crippen LogP contribution < -0.4 is 9.62 Å². The highest BCUT2D eigenvalue weighted by molar-refractivity contribution is 14.1. The van der Waals surface area contributed by atoms with Gasteiger partial charge in [0.25, 0.3) is 0 Å². The Bertz CT molecular complexity index is 828. The van der Waals surface area contributed by atoms with E-state index in [1.807, 2.05) is 32.0 Å². The molecule has 0 heterocycles. The maximum atomic E-state index is 12.4. The number of sulfonamides is 1. The molecule has 0 spiro atoms. The maximum Gasteiger partial charge on any atom is 0.245 e. The smallest absolute Gasteiger partial charge is 0.245 e. The standard InChI is InChI=1S/C17H19IN2O3S/c1-12-5-4-6-13(2)17(12)19-16(21)11-20(24(3,22)23)15-9-7-14(18)8-10-15/h4-10H,11H2,1-3H3,(H,19,21). The van der Waals surface area contributed by atoms with E-state index >= 15 is 0 Å². The van der Waals surface area contributed by atoms with Crippen molar-refractivity contribution < 1.29 is 13.2 Å². The predicted octanol–water partition coefficient (Wildman–Crippen LogP) is 3.31. The van der Waals surface area contributed by atoms with Crippen LogP contribution in [-0.4, -0.2) is 27.1 Å². The van der Waals surface area contributed by atoms with E-state index < -0.39 is 10.0 Å². The van der Waals surface area contributed by atoms with Gasteiger partial charge in [-0.25, -0.2) is 8.42 Å². The summed E-state index contributed by atoms with van der Waals surface area (Å²) in [6.45, 7) is 3.53. The van der Waals surface area contributed by atoms with Gasteiger partial charge < -0.3 is 5.32 Å². The molecule has 0 fully saturated rings. The highest BCUT2D eigenvalue weighted by atomic mass is 127. The molecule has 7 heteroatoms. The Morgan fingerprint density at radius 1 is 1.08 bits per heavy atom. The first-order valence-electron chi connectivity index (χ1n) is 7.28. The third-order valence-electron chi connectivity index (χ3n) is 3.55. The summed E-state index contributed by atoms with van der Waals surface area (Å²) in [6.07, 6.45) is 1.09. The monoisotopic (exact) mass is 458 g/mol. The molecule has 0 saturated heterocycles. The number of hydrogen-bond donors (Lipinski definition) is 1. The minimum absolute atomic E-state index is 0.271. The Morgan fingerprint density at radius 2 is 1.62 bits per heavy atom. The summed E-state index contributed by atoms with van der Waals surface area (Å²) in [5, 5.41) is 2.82. The number of carbonyl (C=O) groups is 1. The zero-order valence-electron chi connectivity index (χ0n) is 13.7. The van der Waals surface area contributed by atoms with Crippen LogP contribution >= 0.6 is 22.6 Å². The molecule has 1 amide bonds. The first-order chi connectivity index (χ1) is 11.2. The number of halogens is 1. The van der Waals surface area contributed by atoms with Crippen LogP contribution in [-0.2, 0) is 14.8 Å². The third-order valence-corrected chi connectivity index (χ3v) is 5.41. The van der Waals surface area contributed by atoms with Crippen molar-refractivity contribution in [1.29, 1.82) is 0 Å². The van der Waals surface area contributed by atoms with E-state index in [1.165, 1.54) is 0 Å². The number of amides is 1. The number of hydrogen-bond acceptors (Lipinski definition) is 3. The predicted molar refractivity (Wildman–Crippen MR) is 106 cm³/mol. The summed E-state index contributed by atoms with van der Waals surface area (Å²) in [4.78, 5) is 12.4. The Hall–Kier alpha value is -1.61. The van der Waals surface area contributed by atoms with Crippen molar-refractivity contribution in [3.05, 3.63) is 57.2 Å². The number of aryl methyl sites for hydroxylation is 2. The number of para-hydroxylation sites is 1. The highest BCUT2D eigenvalue weighted by Crippen LogP contribution is 2.21. The first-order valence-corrected chi connectivity index (χ1v) is 10.2. The van der Waals surface area contributed by atoms with E-state index in [2.05, 4.69) is 27.9 Å². The molecule has 1 N–H and O–H groups in total. The molecule has 0 unspecified atom stereocenters. The van der Waals surface area contributed by atoms with Crippen LogP contribution in [0, 0.1) is 17.4 Å². The number of nitrogens with zero attached hydrogens (tertiary/aromatic N) is 1. The molecule has 0 radical (unpaired) electrons. The van der Waals surface area contributed by atoms with E-state index in [1.54, 1.807) is 24.3 Å². The molecular weight excluding hydrogens is 439 g/mol. The number of carbonyl (C=O) groups excluding carboxylic acids is 1. The quantitative estimate of drug-likeness (QED) is 0.700. The summed E-state index contributed by atoms with van der Waals surface area (Å²) in [5.74, 6) is -0.378. The second kappa shape index (κ2) is 7.52. The van der Waals surface area contributed by atoms with Gasteiger partial charge in [-0.2, -0.15) is 0 Å². The van der Waals surface area contributed by atoms with E-state index in [4.69, 9.17) is 0 Å². The fraction of sp³-hybridized carbons (Fsp3) is 0.235. The fourth-order valence-electron chi connectivity index (χ4n) is 2.33. The first kappa shape index (κ1) is 18.7. The number of rotatable bonds is 5. The largest absolute Gasteiger partial charge is 0.324 e. The van der Waals surface area contributed by atoms with Crippen molar-refractivity contribution in [2.75, 3.05) is 22.4 Å². The van der Waals surface area contributed by atoms with Crippen molar-refractivity contribution in [1.82, 2.24) is 0 Å². The van der Waals surface area contributed by atoms with Gasteiger partial charge in [0.05, 0.1) is 11.9 Å². The Morgan fingerprint density at radius 3 is 2.12 bits per heavy atom. The molecule has 0 atom stereocenters. The summed E-state index contributed by atoms with van der Waals surface area (Å²) >= 11 is 2.14. The topological polar surface area (TPSA) is 66.5 Å².